The van der Waals surface area contributed by atoms with Crippen LogP contribution in [0.5, 0.6) is 0 Å². The van der Waals surface area contributed by atoms with Gasteiger partial charge in [0.05, 0.1) is 32.5 Å². The lowest BCUT2D eigenvalue weighted by molar-refractivity contribution is -0.150. The first-order valence-corrected chi connectivity index (χ1v) is 15.3. The number of ether oxygens (including phenoxy) is 1. The molecular weight excluding hydrogens is 595 g/mol. The third kappa shape index (κ3) is 5.76. The number of carbonyl (C=O) groups excluding carboxylic acids is 1. The Bertz CT molecular complexity index is 1660. The summed E-state index contributed by atoms with van der Waals surface area (Å²) in [5.41, 5.74) is -0.290. The number of sulfone groups is 1. The topological polar surface area (TPSA) is 116 Å². The molecule has 2 aromatic carbocycles. The quantitative estimate of drug-likeness (QED) is 0.335. The van der Waals surface area contributed by atoms with Crippen LogP contribution >= 0.6 is 11.6 Å². The highest BCUT2D eigenvalue weighted by molar-refractivity contribution is 7.91. The summed E-state index contributed by atoms with van der Waals surface area (Å²) < 4.78 is 103. The van der Waals surface area contributed by atoms with E-state index in [0.717, 1.165) is 22.5 Å². The van der Waals surface area contributed by atoms with E-state index in [4.69, 9.17) is 16.3 Å². The number of halogens is 4. The number of nitrogens with zero attached hydrogens (tertiary/aromatic N) is 3. The van der Waals surface area contributed by atoms with Crippen molar-refractivity contribution in [2.24, 2.45) is 0 Å². The van der Waals surface area contributed by atoms with Crippen LogP contribution in [-0.4, -0.2) is 43.9 Å². The smallest absolute Gasteiger partial charge is 0.416 e. The van der Waals surface area contributed by atoms with Gasteiger partial charge in [0.1, 0.15) is 0 Å². The van der Waals surface area contributed by atoms with E-state index >= 15 is 0 Å². The molecule has 15 heteroatoms. The molecule has 0 saturated carbocycles. The molecule has 1 aromatic heterocycles. The molecule has 0 bridgehead atoms. The first kappa shape index (κ1) is 30.0. The van der Waals surface area contributed by atoms with Crippen molar-refractivity contribution in [1.82, 2.24) is 14.1 Å². The minimum atomic E-state index is -5.03. The second-order valence-corrected chi connectivity index (χ2v) is 13.7. The second-order valence-electron chi connectivity index (χ2n) is 9.28. The Kier molecular flexibility index (Phi) is 8.11. The van der Waals surface area contributed by atoms with Gasteiger partial charge in [0, 0.05) is 30.3 Å². The summed E-state index contributed by atoms with van der Waals surface area (Å²) in [7, 11) is -7.96. The van der Waals surface area contributed by atoms with Gasteiger partial charge in [0.2, 0.25) is 19.9 Å². The number of aromatic nitrogens is 2. The van der Waals surface area contributed by atoms with E-state index < -0.39 is 59.6 Å². The summed E-state index contributed by atoms with van der Waals surface area (Å²) in [6, 6.07) is 5.50. The van der Waals surface area contributed by atoms with Crippen molar-refractivity contribution in [2.45, 2.75) is 66.2 Å². The van der Waals surface area contributed by atoms with Gasteiger partial charge in [-0.15, -0.1) is 0 Å². The van der Waals surface area contributed by atoms with Gasteiger partial charge in [-0.25, -0.2) is 21.5 Å². The molecule has 0 radical (unpaired) electrons. The maximum absolute atomic E-state index is 13.8. The van der Waals surface area contributed by atoms with Crippen LogP contribution in [0.4, 0.5) is 13.2 Å². The highest BCUT2D eigenvalue weighted by atomic mass is 35.5. The Balaban J connectivity index is 1.79. The van der Waals surface area contributed by atoms with E-state index in [-0.39, 0.29) is 9.92 Å². The number of carbonyl (C=O) groups is 1. The second kappa shape index (κ2) is 10.8. The van der Waals surface area contributed by atoms with E-state index in [9.17, 15) is 34.8 Å². The maximum atomic E-state index is 13.8. The predicted octanol–water partition coefficient (Wildman–Crippen LogP) is 5.17. The van der Waals surface area contributed by atoms with E-state index in [1.54, 1.807) is 6.92 Å². The molecule has 0 spiro atoms. The lowest BCUT2D eigenvalue weighted by Crippen LogP contribution is -2.34. The Hall–Kier alpha value is -2.94. The SMILES string of the molecule is CC(=O)OC(C)n1ncc2c1CCCC2N(C)S(=O)(=O)c1cc(C(F)(F)F)cc(S(=O)(=O)c2ccc(Cl)cc2)c1. The van der Waals surface area contributed by atoms with Gasteiger partial charge in [0.15, 0.2) is 6.23 Å². The number of fused-ring (bicyclic) bond motifs is 1. The summed E-state index contributed by atoms with van der Waals surface area (Å²) >= 11 is 5.81. The molecule has 216 valence electrons. The molecule has 2 atom stereocenters. The van der Waals surface area contributed by atoms with Gasteiger partial charge >= 0.3 is 12.1 Å². The summed E-state index contributed by atoms with van der Waals surface area (Å²) in [4.78, 5) is 9.39. The van der Waals surface area contributed by atoms with Crippen molar-refractivity contribution in [3.63, 3.8) is 0 Å². The summed E-state index contributed by atoms with van der Waals surface area (Å²) in [6.07, 6.45) is -2.97. The van der Waals surface area contributed by atoms with Crippen LogP contribution in [0.3, 0.4) is 0 Å². The molecule has 40 heavy (non-hydrogen) atoms. The van der Waals surface area contributed by atoms with Crippen LogP contribution in [-0.2, 0) is 42.0 Å². The third-order valence-electron chi connectivity index (χ3n) is 6.62. The number of alkyl halides is 3. The predicted molar refractivity (Wildman–Crippen MR) is 138 cm³/mol. The molecule has 2 unspecified atom stereocenters. The lowest BCUT2D eigenvalue weighted by atomic mass is 9.93. The Morgan fingerprint density at radius 2 is 1.73 bits per heavy atom. The summed E-state index contributed by atoms with van der Waals surface area (Å²) in [5.74, 6) is -0.530. The number of rotatable bonds is 7. The average molecular weight is 620 g/mol. The number of benzene rings is 2. The van der Waals surface area contributed by atoms with Crippen LogP contribution in [0.2, 0.25) is 5.02 Å². The first-order chi connectivity index (χ1) is 18.5. The first-order valence-electron chi connectivity index (χ1n) is 12.0. The Morgan fingerprint density at radius 3 is 2.33 bits per heavy atom. The maximum Gasteiger partial charge on any atom is 0.416 e. The van der Waals surface area contributed by atoms with Gasteiger partial charge < -0.3 is 4.74 Å². The van der Waals surface area contributed by atoms with Crippen LogP contribution < -0.4 is 0 Å². The molecule has 0 aliphatic heterocycles. The van der Waals surface area contributed by atoms with E-state index in [1.165, 1.54) is 37.0 Å². The zero-order valence-electron chi connectivity index (χ0n) is 21.5. The minimum absolute atomic E-state index is 0.213. The molecule has 4 rings (SSSR count). The van der Waals surface area contributed by atoms with Gasteiger partial charge in [-0.1, -0.05) is 11.6 Å². The van der Waals surface area contributed by atoms with Gasteiger partial charge in [-0.05, 0) is 68.7 Å². The van der Waals surface area contributed by atoms with E-state index in [2.05, 4.69) is 5.10 Å². The molecule has 1 aliphatic rings. The van der Waals surface area contributed by atoms with Crippen molar-refractivity contribution < 1.29 is 39.5 Å². The summed E-state index contributed by atoms with van der Waals surface area (Å²) in [5, 5.41) is 4.46. The van der Waals surface area contributed by atoms with Crippen molar-refractivity contribution >= 4 is 37.4 Å². The Morgan fingerprint density at radius 1 is 1.10 bits per heavy atom. The minimum Gasteiger partial charge on any atom is -0.440 e. The molecule has 3 aromatic rings. The fourth-order valence-corrected chi connectivity index (χ4v) is 7.63. The number of sulfonamides is 1. The number of hydrogen-bond acceptors (Lipinski definition) is 7. The fourth-order valence-electron chi connectivity index (χ4n) is 4.66. The Labute approximate surface area is 234 Å². The van der Waals surface area contributed by atoms with Crippen molar-refractivity contribution in [3.05, 3.63) is 70.5 Å². The van der Waals surface area contributed by atoms with E-state index in [0.29, 0.717) is 42.7 Å². The van der Waals surface area contributed by atoms with Crippen LogP contribution in [0.25, 0.3) is 0 Å². The van der Waals surface area contributed by atoms with Gasteiger partial charge in [-0.2, -0.15) is 22.6 Å². The highest BCUT2D eigenvalue weighted by Crippen LogP contribution is 2.39. The molecule has 0 amide bonds. The van der Waals surface area contributed by atoms with Crippen LogP contribution in [0.15, 0.2) is 63.3 Å². The molecule has 0 saturated heterocycles. The zero-order valence-corrected chi connectivity index (χ0v) is 23.9. The summed E-state index contributed by atoms with van der Waals surface area (Å²) in [6.45, 7) is 2.84. The van der Waals surface area contributed by atoms with Crippen LogP contribution in [0, 0.1) is 0 Å². The van der Waals surface area contributed by atoms with Gasteiger partial charge in [0.25, 0.3) is 0 Å². The fraction of sp³-hybridized carbons (Fsp3) is 0.360. The zero-order chi connectivity index (χ0) is 29.6. The molecule has 1 heterocycles. The molecule has 9 nitrogen and oxygen atoms in total. The molecule has 0 fully saturated rings. The van der Waals surface area contributed by atoms with Gasteiger partial charge in [-0.3, -0.25) is 4.79 Å². The molecule has 0 N–H and O–H groups in total. The third-order valence-corrected chi connectivity index (χ3v) is 10.5. The van der Waals surface area contributed by atoms with Crippen molar-refractivity contribution in [3.8, 4) is 0 Å². The van der Waals surface area contributed by atoms with Crippen LogP contribution in [0.1, 0.15) is 55.8 Å². The molecular formula is C25H25ClF3N3O6S2. The lowest BCUT2D eigenvalue weighted by Gasteiger charge is -2.31. The largest absolute Gasteiger partial charge is 0.440 e. The van der Waals surface area contributed by atoms with Crippen molar-refractivity contribution in [2.75, 3.05) is 7.05 Å². The monoisotopic (exact) mass is 619 g/mol. The normalized spacial score (nSPS) is 16.9. The highest BCUT2D eigenvalue weighted by Gasteiger charge is 2.38. The number of hydrogen-bond donors (Lipinski definition) is 0. The molecule has 1 aliphatic carbocycles. The average Bonchev–Trinajstić information content (AvgIpc) is 3.32. The standard InChI is InChI=1S/C25H25ClF3N3O6S2/c1-15(38-16(2)33)32-24-6-4-5-23(22(24)14-30-32)31(3)40(36,37)21-12-17(25(27,28)29)11-20(13-21)39(34,35)19-9-7-18(26)8-10-19/h7-15,23H,4-6H2,1-3H3. The van der Waals surface area contributed by atoms with Crippen molar-refractivity contribution in [1.29, 1.82) is 0 Å². The number of esters is 1. The van der Waals surface area contributed by atoms with E-state index in [1.807, 2.05) is 0 Å².